The zero-order chi connectivity index (χ0) is 23.8. The number of hydrogen-bond donors (Lipinski definition) is 2. The van der Waals surface area contributed by atoms with E-state index in [0.29, 0.717) is 46.4 Å². The normalized spacial score (nSPS) is 16.8. The van der Waals surface area contributed by atoms with Crippen LogP contribution in [0.1, 0.15) is 11.3 Å². The number of nitrogens with two attached hydrogens (primary N) is 1. The van der Waals surface area contributed by atoms with Gasteiger partial charge in [-0.25, -0.2) is 23.5 Å². The van der Waals surface area contributed by atoms with E-state index in [2.05, 4.69) is 21.9 Å². The third-order valence-electron chi connectivity index (χ3n) is 5.32. The summed E-state index contributed by atoms with van der Waals surface area (Å²) in [6.45, 7) is 4.30. The molecule has 0 atom stereocenters. The van der Waals surface area contributed by atoms with E-state index in [1.165, 1.54) is 0 Å². The van der Waals surface area contributed by atoms with E-state index >= 15 is 0 Å². The van der Waals surface area contributed by atoms with Crippen LogP contribution in [-0.2, 0) is 13.1 Å². The molecule has 2 aliphatic heterocycles. The molecule has 1 fully saturated rings. The van der Waals surface area contributed by atoms with Crippen molar-refractivity contribution in [2.75, 3.05) is 38.5 Å². The maximum atomic E-state index is 13.1. The number of nitrogen functional groups attached to an aromatic ring is 1. The summed E-state index contributed by atoms with van der Waals surface area (Å²) >= 11 is 12.7. The van der Waals surface area contributed by atoms with Gasteiger partial charge in [0.25, 0.3) is 5.92 Å². The molecule has 3 heterocycles. The number of likely N-dealkylation sites (tertiary alicyclic amines) is 1. The van der Waals surface area contributed by atoms with E-state index < -0.39 is 5.92 Å². The molecule has 0 saturated carbocycles. The Morgan fingerprint density at radius 1 is 1.30 bits per heavy atom. The van der Waals surface area contributed by atoms with Crippen LogP contribution in [0, 0.1) is 0 Å². The Kier molecular flexibility index (Phi) is 6.60. The Morgan fingerprint density at radius 2 is 2.06 bits per heavy atom. The first-order valence-electron chi connectivity index (χ1n) is 10.2. The van der Waals surface area contributed by atoms with Crippen LogP contribution in [0.5, 0.6) is 5.75 Å². The van der Waals surface area contributed by atoms with E-state index in [1.807, 2.05) is 0 Å². The van der Waals surface area contributed by atoms with Gasteiger partial charge in [-0.3, -0.25) is 4.90 Å². The molecule has 1 aromatic heterocycles. The minimum absolute atomic E-state index is 0.0249. The number of ether oxygens (including phenoxy) is 1. The zero-order valence-corrected chi connectivity index (χ0v) is 19.1. The Labute approximate surface area is 199 Å². The lowest BCUT2D eigenvalue weighted by Gasteiger charge is -2.38. The molecular weight excluding hydrogens is 477 g/mol. The third-order valence-corrected chi connectivity index (χ3v) is 5.83. The fourth-order valence-corrected chi connectivity index (χ4v) is 4.40. The maximum Gasteiger partial charge on any atom is 0.318 e. The Hall–Kier alpha value is -2.69. The molecule has 12 heteroatoms. The first-order chi connectivity index (χ1) is 15.7. The van der Waals surface area contributed by atoms with Crippen molar-refractivity contribution in [1.29, 1.82) is 0 Å². The standard InChI is InChI=1S/C21H22Cl2F2N6O2/c1-2-3-27-20(32)31-8-13-15(9-31)28-19(26)29-18(13)17-14(23)6-12(22)7-16(17)33-5-4-30-10-21(24,25)11-30/h2,6-7H,1,3-5,8-11H2,(H,27,32)(H2,26,28,29). The molecule has 3 N–H and O–H groups in total. The van der Waals surface area contributed by atoms with Gasteiger partial charge in [0, 0.05) is 23.7 Å². The molecule has 2 aliphatic rings. The number of urea groups is 1. The number of hydrogen-bond acceptors (Lipinski definition) is 6. The van der Waals surface area contributed by atoms with Crippen molar-refractivity contribution in [3.05, 3.63) is 46.1 Å². The van der Waals surface area contributed by atoms with Crippen LogP contribution in [0.4, 0.5) is 19.5 Å². The maximum absolute atomic E-state index is 13.1. The van der Waals surface area contributed by atoms with Gasteiger partial charge in [0.1, 0.15) is 12.4 Å². The number of fused-ring (bicyclic) bond motifs is 1. The van der Waals surface area contributed by atoms with E-state index in [4.69, 9.17) is 33.7 Å². The van der Waals surface area contributed by atoms with Crippen LogP contribution in [0.2, 0.25) is 10.0 Å². The summed E-state index contributed by atoms with van der Waals surface area (Å²) in [6, 6.07) is 2.86. The van der Waals surface area contributed by atoms with Crippen molar-refractivity contribution < 1.29 is 18.3 Å². The molecule has 8 nitrogen and oxygen atoms in total. The van der Waals surface area contributed by atoms with Gasteiger partial charge in [0.2, 0.25) is 5.95 Å². The van der Waals surface area contributed by atoms with Gasteiger partial charge in [-0.15, -0.1) is 6.58 Å². The summed E-state index contributed by atoms with van der Waals surface area (Å²) < 4.78 is 32.0. The molecule has 2 amide bonds. The fraction of sp³-hybridized carbons (Fsp3) is 0.381. The van der Waals surface area contributed by atoms with Gasteiger partial charge in [0.15, 0.2) is 0 Å². The summed E-state index contributed by atoms with van der Waals surface area (Å²) in [5.74, 6) is -2.28. The van der Waals surface area contributed by atoms with Crippen molar-refractivity contribution in [2.24, 2.45) is 0 Å². The van der Waals surface area contributed by atoms with Crippen LogP contribution >= 0.6 is 23.2 Å². The summed E-state index contributed by atoms with van der Waals surface area (Å²) in [4.78, 5) is 24.3. The van der Waals surface area contributed by atoms with Crippen molar-refractivity contribution in [3.8, 4) is 17.0 Å². The Morgan fingerprint density at radius 3 is 2.76 bits per heavy atom. The number of carbonyl (C=O) groups excluding carboxylic acids is 1. The first kappa shape index (κ1) is 23.5. The lowest BCUT2D eigenvalue weighted by molar-refractivity contribution is -0.132. The minimum Gasteiger partial charge on any atom is -0.491 e. The van der Waals surface area contributed by atoms with Gasteiger partial charge >= 0.3 is 6.03 Å². The van der Waals surface area contributed by atoms with E-state index in [0.717, 1.165) is 0 Å². The molecule has 4 rings (SSSR count). The molecule has 0 spiro atoms. The average molecular weight is 499 g/mol. The molecule has 33 heavy (non-hydrogen) atoms. The summed E-state index contributed by atoms with van der Waals surface area (Å²) in [7, 11) is 0. The molecule has 0 aliphatic carbocycles. The van der Waals surface area contributed by atoms with E-state index in [-0.39, 0.29) is 49.8 Å². The smallest absolute Gasteiger partial charge is 0.318 e. The number of halogens is 4. The predicted octanol–water partition coefficient (Wildman–Crippen LogP) is 3.57. The van der Waals surface area contributed by atoms with Gasteiger partial charge in [-0.1, -0.05) is 29.3 Å². The summed E-state index contributed by atoms with van der Waals surface area (Å²) in [5.41, 5.74) is 8.13. The largest absolute Gasteiger partial charge is 0.491 e. The Balaban J connectivity index is 1.60. The fourth-order valence-electron chi connectivity index (χ4n) is 3.84. The number of benzene rings is 1. The summed E-state index contributed by atoms with van der Waals surface area (Å²) in [5, 5.41) is 3.36. The summed E-state index contributed by atoms with van der Waals surface area (Å²) in [6.07, 6.45) is 1.59. The second-order valence-corrected chi connectivity index (χ2v) is 8.71. The van der Waals surface area contributed by atoms with Gasteiger partial charge in [0.05, 0.1) is 48.2 Å². The highest BCUT2D eigenvalue weighted by Gasteiger charge is 2.43. The van der Waals surface area contributed by atoms with Crippen LogP contribution in [0.3, 0.4) is 0 Å². The molecule has 176 valence electrons. The van der Waals surface area contributed by atoms with Crippen LogP contribution in [-0.4, -0.2) is 64.5 Å². The first-order valence-corrected chi connectivity index (χ1v) is 10.9. The van der Waals surface area contributed by atoms with Crippen LogP contribution in [0.15, 0.2) is 24.8 Å². The van der Waals surface area contributed by atoms with Crippen LogP contribution < -0.4 is 15.8 Å². The van der Waals surface area contributed by atoms with Crippen molar-refractivity contribution in [2.45, 2.75) is 19.0 Å². The number of anilines is 1. The highest BCUT2D eigenvalue weighted by molar-refractivity contribution is 6.37. The Bertz CT molecular complexity index is 1090. The molecule has 0 radical (unpaired) electrons. The number of nitrogens with one attached hydrogen (secondary N) is 1. The molecule has 2 aromatic rings. The van der Waals surface area contributed by atoms with Crippen molar-refractivity contribution in [3.63, 3.8) is 0 Å². The quantitative estimate of drug-likeness (QED) is 0.566. The van der Waals surface area contributed by atoms with Gasteiger partial charge in [-0.2, -0.15) is 0 Å². The average Bonchev–Trinajstić information content (AvgIpc) is 3.14. The lowest BCUT2D eigenvalue weighted by Crippen LogP contribution is -2.57. The second-order valence-electron chi connectivity index (χ2n) is 7.86. The highest BCUT2D eigenvalue weighted by atomic mass is 35.5. The zero-order valence-electron chi connectivity index (χ0n) is 17.6. The van der Waals surface area contributed by atoms with E-state index in [1.54, 1.807) is 28.0 Å². The highest BCUT2D eigenvalue weighted by Crippen LogP contribution is 2.42. The number of nitrogens with zero attached hydrogens (tertiary/aromatic N) is 4. The van der Waals surface area contributed by atoms with Crippen LogP contribution in [0.25, 0.3) is 11.3 Å². The van der Waals surface area contributed by atoms with Gasteiger partial charge < -0.3 is 20.7 Å². The monoisotopic (exact) mass is 498 g/mol. The molecule has 1 saturated heterocycles. The number of amides is 2. The molecule has 0 bridgehead atoms. The predicted molar refractivity (Wildman–Crippen MR) is 122 cm³/mol. The van der Waals surface area contributed by atoms with Gasteiger partial charge in [-0.05, 0) is 12.1 Å². The molecule has 0 unspecified atom stereocenters. The second kappa shape index (κ2) is 9.28. The van der Waals surface area contributed by atoms with E-state index in [9.17, 15) is 13.6 Å². The van der Waals surface area contributed by atoms with Crippen molar-refractivity contribution in [1.82, 2.24) is 25.1 Å². The minimum atomic E-state index is -2.65. The number of alkyl halides is 2. The third kappa shape index (κ3) is 5.13. The molecule has 1 aromatic carbocycles. The number of carbonyl (C=O) groups is 1. The topological polar surface area (TPSA) is 96.6 Å². The lowest BCUT2D eigenvalue weighted by atomic mass is 10.0. The molecular formula is C21H22Cl2F2N6O2. The number of rotatable bonds is 7. The van der Waals surface area contributed by atoms with Crippen molar-refractivity contribution >= 4 is 35.2 Å². The number of aromatic nitrogens is 2. The SMILES string of the molecule is C=CCNC(=O)N1Cc2nc(N)nc(-c3c(Cl)cc(Cl)cc3OCCN3CC(F)(F)C3)c2C1.